The fraction of sp³-hybridized carbons (Fsp3) is 0.405. The minimum Gasteiger partial charge on any atom is -0.497 e. The van der Waals surface area contributed by atoms with Crippen LogP contribution < -0.4 is 14.8 Å². The predicted molar refractivity (Wildman–Crippen MR) is 207 cm³/mol. The molecule has 53 heavy (non-hydrogen) atoms. The number of Topliss-reactive ketones (excluding diaryl/α,β-unsaturated/α-hetero) is 1. The topological polar surface area (TPSA) is 136 Å². The van der Waals surface area contributed by atoms with E-state index in [1.54, 1.807) is 19.1 Å². The minimum absolute atomic E-state index is 0.0401. The number of benzene rings is 3. The third-order valence-corrected chi connectivity index (χ3v) is 9.37. The number of carbonyl (C=O) groups is 3. The van der Waals surface area contributed by atoms with Crippen molar-refractivity contribution in [3.63, 3.8) is 0 Å². The standard InChI is InChI=1S/C42H51ClN2O8/c1-4-6-7-8-9-10-11-12-13-17-26-53-42(50)31-22-25-34(43)35(28-31)44-39(47)36(37(46)30-20-23-32(51-3)24-21-30)45-40(48)33(38(41(45)49)52-5-2)27-29-18-15-14-16-19-29/h14-16,18-25,28,36,48-49H,4-13,17,26-27H2,1-3H3,(H,44,47). The number of halogens is 1. The van der Waals surface area contributed by atoms with Crippen molar-refractivity contribution in [2.24, 2.45) is 0 Å². The van der Waals surface area contributed by atoms with Crippen LogP contribution in [0.4, 0.5) is 5.69 Å². The Labute approximate surface area is 317 Å². The van der Waals surface area contributed by atoms with E-state index in [2.05, 4.69) is 12.2 Å². The highest BCUT2D eigenvalue weighted by atomic mass is 35.5. The van der Waals surface area contributed by atoms with Gasteiger partial charge in [-0.15, -0.1) is 0 Å². The molecule has 1 amide bonds. The summed E-state index contributed by atoms with van der Waals surface area (Å²) in [6, 6.07) is 17.8. The van der Waals surface area contributed by atoms with Crippen LogP contribution in [0.2, 0.25) is 5.02 Å². The molecule has 10 nitrogen and oxygen atoms in total. The number of carbonyl (C=O) groups excluding carboxylic acids is 3. The number of hydrogen-bond donors (Lipinski definition) is 3. The molecule has 3 N–H and O–H groups in total. The third kappa shape index (κ3) is 11.3. The zero-order chi connectivity index (χ0) is 38.2. The lowest BCUT2D eigenvalue weighted by molar-refractivity contribution is -0.118. The number of ketones is 1. The van der Waals surface area contributed by atoms with Gasteiger partial charge in [0, 0.05) is 12.0 Å². The second-order valence-corrected chi connectivity index (χ2v) is 13.3. The lowest BCUT2D eigenvalue weighted by Crippen LogP contribution is -2.32. The number of ether oxygens (including phenoxy) is 3. The summed E-state index contributed by atoms with van der Waals surface area (Å²) >= 11 is 6.48. The highest BCUT2D eigenvalue weighted by molar-refractivity contribution is 6.34. The Morgan fingerprint density at radius 3 is 2.04 bits per heavy atom. The number of rotatable bonds is 22. The molecule has 0 saturated carbocycles. The number of amides is 1. The molecule has 1 atom stereocenters. The fourth-order valence-electron chi connectivity index (χ4n) is 6.15. The second kappa shape index (κ2) is 20.9. The molecule has 4 rings (SSSR count). The van der Waals surface area contributed by atoms with E-state index in [1.165, 1.54) is 82.4 Å². The number of nitrogens with zero attached hydrogens (tertiary/aromatic N) is 1. The van der Waals surface area contributed by atoms with Gasteiger partial charge in [-0.2, -0.15) is 0 Å². The molecule has 0 bridgehead atoms. The largest absolute Gasteiger partial charge is 0.497 e. The molecule has 284 valence electrons. The van der Waals surface area contributed by atoms with Crippen LogP contribution >= 0.6 is 11.6 Å². The van der Waals surface area contributed by atoms with Crippen LogP contribution in [-0.4, -0.2) is 52.8 Å². The van der Waals surface area contributed by atoms with E-state index in [-0.39, 0.29) is 52.8 Å². The van der Waals surface area contributed by atoms with Crippen molar-refractivity contribution >= 4 is 34.9 Å². The van der Waals surface area contributed by atoms with E-state index in [9.17, 15) is 24.6 Å². The van der Waals surface area contributed by atoms with E-state index >= 15 is 0 Å². The number of nitrogens with one attached hydrogen (secondary N) is 1. The van der Waals surface area contributed by atoms with E-state index in [0.717, 1.165) is 29.4 Å². The zero-order valence-corrected chi connectivity index (χ0v) is 31.6. The Hall–Kier alpha value is -4.96. The quantitative estimate of drug-likeness (QED) is 0.0313. The summed E-state index contributed by atoms with van der Waals surface area (Å²) in [7, 11) is 1.48. The molecular weight excluding hydrogens is 696 g/mol. The molecule has 1 heterocycles. The molecular formula is C42H51ClN2O8. The zero-order valence-electron chi connectivity index (χ0n) is 30.9. The van der Waals surface area contributed by atoms with Gasteiger partial charge in [0.1, 0.15) is 5.75 Å². The molecule has 1 unspecified atom stereocenters. The van der Waals surface area contributed by atoms with Crippen molar-refractivity contribution in [3.8, 4) is 23.3 Å². The van der Waals surface area contributed by atoms with Crippen LogP contribution in [0.1, 0.15) is 116 Å². The monoisotopic (exact) mass is 746 g/mol. The van der Waals surface area contributed by atoms with Crippen molar-refractivity contribution < 1.29 is 38.8 Å². The molecule has 0 fully saturated rings. The second-order valence-electron chi connectivity index (χ2n) is 12.9. The van der Waals surface area contributed by atoms with Crippen LogP contribution in [0.25, 0.3) is 0 Å². The number of unbranched alkanes of at least 4 members (excludes halogenated alkanes) is 9. The average molecular weight is 747 g/mol. The van der Waals surface area contributed by atoms with Gasteiger partial charge in [-0.25, -0.2) is 4.79 Å². The first kappa shape index (κ1) is 40.8. The van der Waals surface area contributed by atoms with Crippen LogP contribution in [-0.2, 0) is 16.0 Å². The van der Waals surface area contributed by atoms with Crippen molar-refractivity contribution in [2.45, 2.75) is 90.5 Å². The van der Waals surface area contributed by atoms with Crippen molar-refractivity contribution in [2.75, 3.05) is 25.6 Å². The van der Waals surface area contributed by atoms with Gasteiger partial charge >= 0.3 is 5.97 Å². The molecule has 0 aliphatic carbocycles. The summed E-state index contributed by atoms with van der Waals surface area (Å²) in [5, 5.41) is 25.8. The van der Waals surface area contributed by atoms with Gasteiger partial charge in [0.05, 0.1) is 42.2 Å². The van der Waals surface area contributed by atoms with Gasteiger partial charge in [-0.3, -0.25) is 14.2 Å². The highest BCUT2D eigenvalue weighted by Crippen LogP contribution is 2.45. The van der Waals surface area contributed by atoms with Gasteiger partial charge in [-0.1, -0.05) is 107 Å². The van der Waals surface area contributed by atoms with E-state index in [1.807, 2.05) is 30.3 Å². The van der Waals surface area contributed by atoms with Crippen LogP contribution in [0.15, 0.2) is 72.8 Å². The lowest BCUT2D eigenvalue weighted by Gasteiger charge is -2.20. The number of hydrogen-bond acceptors (Lipinski definition) is 8. The maximum absolute atomic E-state index is 14.2. The minimum atomic E-state index is -1.82. The molecule has 0 spiro atoms. The van der Waals surface area contributed by atoms with Gasteiger partial charge in [0.25, 0.3) is 5.91 Å². The predicted octanol–water partition coefficient (Wildman–Crippen LogP) is 9.69. The number of anilines is 1. The maximum Gasteiger partial charge on any atom is 0.338 e. The van der Waals surface area contributed by atoms with Gasteiger partial charge in [0.15, 0.2) is 17.6 Å². The number of esters is 1. The Morgan fingerprint density at radius 2 is 1.42 bits per heavy atom. The first-order chi connectivity index (χ1) is 25.7. The van der Waals surface area contributed by atoms with E-state index < -0.39 is 35.5 Å². The summed E-state index contributed by atoms with van der Waals surface area (Å²) in [5.41, 5.74) is 1.30. The molecule has 0 aliphatic heterocycles. The molecule has 1 aromatic heterocycles. The smallest absolute Gasteiger partial charge is 0.338 e. The Balaban J connectivity index is 1.54. The number of aromatic nitrogens is 1. The summed E-state index contributed by atoms with van der Waals surface area (Å²) in [6.45, 7) is 4.33. The fourth-order valence-corrected chi connectivity index (χ4v) is 6.31. The van der Waals surface area contributed by atoms with Crippen molar-refractivity contribution in [1.29, 1.82) is 0 Å². The van der Waals surface area contributed by atoms with Crippen LogP contribution in [0, 0.1) is 0 Å². The summed E-state index contributed by atoms with van der Waals surface area (Å²) in [5.74, 6) is -2.95. The summed E-state index contributed by atoms with van der Waals surface area (Å²) < 4.78 is 17.3. The lowest BCUT2D eigenvalue weighted by atomic mass is 10.0. The number of methoxy groups -OCH3 is 1. The summed E-state index contributed by atoms with van der Waals surface area (Å²) in [6.07, 6.45) is 11.7. The van der Waals surface area contributed by atoms with Crippen LogP contribution in [0.5, 0.6) is 23.3 Å². The first-order valence-electron chi connectivity index (χ1n) is 18.5. The molecule has 3 aromatic carbocycles. The van der Waals surface area contributed by atoms with Gasteiger partial charge < -0.3 is 29.7 Å². The SMILES string of the molecule is CCCCCCCCCCCCOC(=O)c1ccc(Cl)c(NC(=O)C(C(=O)c2ccc(OC)cc2)n2c(O)c(Cc3ccccc3)c(OCC)c2O)c1. The average Bonchev–Trinajstić information content (AvgIpc) is 3.38. The molecule has 0 aliphatic rings. The number of aromatic hydroxyl groups is 2. The Morgan fingerprint density at radius 1 is 0.792 bits per heavy atom. The van der Waals surface area contributed by atoms with Crippen molar-refractivity contribution in [3.05, 3.63) is 100 Å². The molecule has 11 heteroatoms. The van der Waals surface area contributed by atoms with Gasteiger partial charge in [-0.05, 0) is 61.4 Å². The molecule has 0 radical (unpaired) electrons. The first-order valence-corrected chi connectivity index (χ1v) is 18.8. The molecule has 0 saturated heterocycles. The Bertz CT molecular complexity index is 1790. The molecule has 4 aromatic rings. The van der Waals surface area contributed by atoms with E-state index in [0.29, 0.717) is 5.75 Å². The normalized spacial score (nSPS) is 11.5. The van der Waals surface area contributed by atoms with Gasteiger partial charge in [0.2, 0.25) is 11.8 Å². The van der Waals surface area contributed by atoms with Crippen molar-refractivity contribution in [1.82, 2.24) is 4.57 Å². The summed E-state index contributed by atoms with van der Waals surface area (Å²) in [4.78, 5) is 41.3. The highest BCUT2D eigenvalue weighted by Gasteiger charge is 2.37. The Kier molecular flexibility index (Phi) is 16.1. The van der Waals surface area contributed by atoms with Crippen LogP contribution in [0.3, 0.4) is 0 Å². The third-order valence-electron chi connectivity index (χ3n) is 9.04. The maximum atomic E-state index is 14.2. The van der Waals surface area contributed by atoms with E-state index in [4.69, 9.17) is 25.8 Å².